The fourth-order valence-corrected chi connectivity index (χ4v) is 3.97. The van der Waals surface area contributed by atoms with Crippen LogP contribution < -0.4 is 10.1 Å². The van der Waals surface area contributed by atoms with Crippen LogP contribution in [0.3, 0.4) is 0 Å². The van der Waals surface area contributed by atoms with E-state index in [2.05, 4.69) is 5.32 Å². The van der Waals surface area contributed by atoms with Crippen molar-refractivity contribution in [2.45, 2.75) is 6.04 Å². The molecule has 3 aromatic rings. The van der Waals surface area contributed by atoms with Gasteiger partial charge in [0.25, 0.3) is 5.69 Å². The molecule has 0 radical (unpaired) electrons. The number of carbonyl (C=O) groups excluding carboxylic acids is 2. The molecule has 0 aliphatic heterocycles. The second kappa shape index (κ2) is 9.39. The lowest BCUT2D eigenvalue weighted by molar-refractivity contribution is -0.384. The first kappa shape index (κ1) is 21.8. The maximum atomic E-state index is 12.7. The van der Waals surface area contributed by atoms with Crippen molar-refractivity contribution in [2.24, 2.45) is 0 Å². The first-order chi connectivity index (χ1) is 16.0. The lowest BCUT2D eigenvalue weighted by Gasteiger charge is -2.29. The molecule has 0 saturated carbocycles. The van der Waals surface area contributed by atoms with E-state index in [1.165, 1.54) is 31.4 Å². The predicted molar refractivity (Wildman–Crippen MR) is 120 cm³/mol. The minimum Gasteiger partial charge on any atom is -0.453 e. The number of carbonyl (C=O) groups is 2. The molecule has 0 atom stereocenters. The maximum Gasteiger partial charge on any atom is 0.412 e. The Bertz CT molecular complexity index is 1150. The minimum absolute atomic E-state index is 0.103. The summed E-state index contributed by atoms with van der Waals surface area (Å²) in [6.45, 7) is 0.289. The quantitative estimate of drug-likeness (QED) is 0.439. The van der Waals surface area contributed by atoms with Gasteiger partial charge in [-0.1, -0.05) is 48.5 Å². The van der Waals surface area contributed by atoms with Crippen LogP contribution in [0.5, 0.6) is 5.75 Å². The predicted octanol–water partition coefficient (Wildman–Crippen LogP) is 4.52. The Hall–Kier alpha value is -4.40. The Labute approximate surface area is 189 Å². The van der Waals surface area contributed by atoms with Gasteiger partial charge in [-0.05, 0) is 34.4 Å². The highest BCUT2D eigenvalue weighted by molar-refractivity contribution is 5.81. The number of hydrogen-bond donors (Lipinski definition) is 1. The van der Waals surface area contributed by atoms with Crippen molar-refractivity contribution >= 4 is 17.9 Å². The van der Waals surface area contributed by atoms with E-state index < -0.39 is 17.1 Å². The summed E-state index contributed by atoms with van der Waals surface area (Å²) >= 11 is 0. The zero-order chi connectivity index (χ0) is 23.4. The Kier molecular flexibility index (Phi) is 6.21. The number of nitro groups is 1. The molecule has 1 aliphatic carbocycles. The number of methoxy groups -OCH3 is 1. The summed E-state index contributed by atoms with van der Waals surface area (Å²) in [5, 5.41) is 13.3. The van der Waals surface area contributed by atoms with Gasteiger partial charge in [0.1, 0.15) is 5.75 Å². The van der Waals surface area contributed by atoms with Crippen LogP contribution in [0.1, 0.15) is 17.2 Å². The lowest BCUT2D eigenvalue weighted by Crippen LogP contribution is -2.41. The second-order valence-corrected chi connectivity index (χ2v) is 7.31. The highest BCUT2D eigenvalue weighted by atomic mass is 16.6. The van der Waals surface area contributed by atoms with E-state index in [-0.39, 0.29) is 30.6 Å². The zero-order valence-electron chi connectivity index (χ0n) is 17.8. The van der Waals surface area contributed by atoms with Gasteiger partial charge in [-0.25, -0.2) is 9.59 Å². The van der Waals surface area contributed by atoms with Crippen LogP contribution in [0.2, 0.25) is 0 Å². The van der Waals surface area contributed by atoms with Crippen LogP contribution >= 0.6 is 0 Å². The molecule has 0 unspecified atom stereocenters. The highest BCUT2D eigenvalue weighted by Gasteiger charge is 2.35. The third-order valence-electron chi connectivity index (χ3n) is 5.40. The van der Waals surface area contributed by atoms with Gasteiger partial charge in [-0.2, -0.15) is 0 Å². The number of nitro benzene ring substituents is 1. The number of benzene rings is 3. The van der Waals surface area contributed by atoms with Crippen molar-refractivity contribution in [3.63, 3.8) is 0 Å². The maximum absolute atomic E-state index is 12.7. The highest BCUT2D eigenvalue weighted by Crippen LogP contribution is 2.46. The number of hydrogen-bond acceptors (Lipinski definition) is 6. The van der Waals surface area contributed by atoms with Gasteiger partial charge >= 0.3 is 12.2 Å². The second-order valence-electron chi connectivity index (χ2n) is 7.31. The van der Waals surface area contributed by atoms with Crippen LogP contribution in [-0.2, 0) is 4.74 Å². The minimum atomic E-state index is -0.735. The molecule has 9 heteroatoms. The van der Waals surface area contributed by atoms with E-state index in [9.17, 15) is 19.7 Å². The standard InChI is InChI=1S/C24H21N3O6/c1-32-24(29)26(15-14-25-23(28)33-17-12-10-16(11-13-17)27(30)31)22-20-8-4-2-6-18(20)19-7-3-5-9-21(19)22/h2-13,22H,14-15H2,1H3,(H,25,28). The smallest absolute Gasteiger partial charge is 0.412 e. The Morgan fingerprint density at radius 2 is 1.55 bits per heavy atom. The first-order valence-electron chi connectivity index (χ1n) is 10.2. The molecular formula is C24H21N3O6. The molecule has 0 spiro atoms. The summed E-state index contributed by atoms with van der Waals surface area (Å²) in [6, 6.07) is 20.6. The molecule has 0 bridgehead atoms. The number of nitrogens with zero attached hydrogens (tertiary/aromatic N) is 2. The van der Waals surface area contributed by atoms with E-state index in [0.29, 0.717) is 0 Å². The first-order valence-corrected chi connectivity index (χ1v) is 10.2. The number of ether oxygens (including phenoxy) is 2. The molecule has 0 fully saturated rings. The average molecular weight is 447 g/mol. The van der Waals surface area contributed by atoms with Crippen molar-refractivity contribution in [3.8, 4) is 16.9 Å². The van der Waals surface area contributed by atoms with E-state index in [1.54, 1.807) is 4.90 Å². The molecular weight excluding hydrogens is 426 g/mol. The molecule has 9 nitrogen and oxygen atoms in total. The monoisotopic (exact) mass is 447 g/mol. The van der Waals surface area contributed by atoms with Crippen LogP contribution in [-0.4, -0.2) is 42.2 Å². The van der Waals surface area contributed by atoms with Gasteiger partial charge in [0, 0.05) is 25.2 Å². The van der Waals surface area contributed by atoms with E-state index in [0.717, 1.165) is 22.3 Å². The van der Waals surface area contributed by atoms with Gasteiger partial charge in [-0.15, -0.1) is 0 Å². The number of nitrogens with one attached hydrogen (secondary N) is 1. The molecule has 33 heavy (non-hydrogen) atoms. The fraction of sp³-hybridized carbons (Fsp3) is 0.167. The molecule has 168 valence electrons. The number of non-ortho nitro benzene ring substituents is 1. The molecule has 0 aromatic heterocycles. The normalized spacial score (nSPS) is 11.8. The van der Waals surface area contributed by atoms with Gasteiger partial charge in [0.05, 0.1) is 18.1 Å². The SMILES string of the molecule is COC(=O)N(CCNC(=O)Oc1ccc([N+](=O)[O-])cc1)C1c2ccccc2-c2ccccc21. The van der Waals surface area contributed by atoms with Gasteiger partial charge in [-0.3, -0.25) is 15.0 Å². The Morgan fingerprint density at radius 3 is 2.09 bits per heavy atom. The summed E-state index contributed by atoms with van der Waals surface area (Å²) in [5.74, 6) is 0.168. The summed E-state index contributed by atoms with van der Waals surface area (Å²) in [7, 11) is 1.32. The van der Waals surface area contributed by atoms with Gasteiger partial charge in [0.15, 0.2) is 0 Å². The topological polar surface area (TPSA) is 111 Å². The summed E-state index contributed by atoms with van der Waals surface area (Å²) < 4.78 is 10.2. The molecule has 0 heterocycles. The molecule has 4 rings (SSSR count). The molecule has 0 saturated heterocycles. The largest absolute Gasteiger partial charge is 0.453 e. The summed E-state index contributed by atoms with van der Waals surface area (Å²) in [5.41, 5.74) is 3.97. The zero-order valence-corrected chi connectivity index (χ0v) is 17.8. The van der Waals surface area contributed by atoms with E-state index in [4.69, 9.17) is 9.47 Å². The fourth-order valence-electron chi connectivity index (χ4n) is 3.97. The lowest BCUT2D eigenvalue weighted by atomic mass is 10.0. The summed E-state index contributed by atoms with van der Waals surface area (Å²) in [6.07, 6.45) is -1.25. The number of amides is 2. The van der Waals surface area contributed by atoms with Gasteiger partial charge < -0.3 is 14.8 Å². The van der Waals surface area contributed by atoms with Crippen molar-refractivity contribution in [1.29, 1.82) is 0 Å². The average Bonchev–Trinajstić information content (AvgIpc) is 3.16. The van der Waals surface area contributed by atoms with Crippen molar-refractivity contribution in [3.05, 3.63) is 94.0 Å². The molecule has 1 N–H and O–H groups in total. The molecule has 3 aromatic carbocycles. The third-order valence-corrected chi connectivity index (χ3v) is 5.40. The summed E-state index contributed by atoms with van der Waals surface area (Å²) in [4.78, 5) is 36.6. The van der Waals surface area contributed by atoms with Crippen LogP contribution in [0.4, 0.5) is 15.3 Å². The van der Waals surface area contributed by atoms with E-state index >= 15 is 0 Å². The Morgan fingerprint density at radius 1 is 0.970 bits per heavy atom. The molecule has 2 amide bonds. The van der Waals surface area contributed by atoms with Crippen LogP contribution in [0, 0.1) is 10.1 Å². The van der Waals surface area contributed by atoms with Crippen LogP contribution in [0.25, 0.3) is 11.1 Å². The van der Waals surface area contributed by atoms with Crippen LogP contribution in [0.15, 0.2) is 72.8 Å². The van der Waals surface area contributed by atoms with Crippen molar-refractivity contribution in [2.75, 3.05) is 20.2 Å². The molecule has 1 aliphatic rings. The van der Waals surface area contributed by atoms with Gasteiger partial charge in [0.2, 0.25) is 0 Å². The van der Waals surface area contributed by atoms with Crippen molar-refractivity contribution in [1.82, 2.24) is 10.2 Å². The Balaban J connectivity index is 1.46. The number of rotatable bonds is 6. The van der Waals surface area contributed by atoms with Crippen molar-refractivity contribution < 1.29 is 24.0 Å². The number of fused-ring (bicyclic) bond motifs is 3. The third kappa shape index (κ3) is 4.47. The van der Waals surface area contributed by atoms with E-state index in [1.807, 2.05) is 48.5 Å².